The zero-order valence-electron chi connectivity index (χ0n) is 12.4. The van der Waals surface area contributed by atoms with Crippen LogP contribution >= 0.6 is 23.1 Å². The van der Waals surface area contributed by atoms with Gasteiger partial charge in [0.1, 0.15) is 5.01 Å². The smallest absolute Gasteiger partial charge is 0.315 e. The fraction of sp³-hybridized carbons (Fsp3) is 0.714. The molecule has 2 amide bonds. The van der Waals surface area contributed by atoms with Crippen LogP contribution in [0.4, 0.5) is 4.79 Å². The van der Waals surface area contributed by atoms with Gasteiger partial charge in [0, 0.05) is 16.2 Å². The molecule has 1 aliphatic carbocycles. The number of thiazole rings is 1. The predicted molar refractivity (Wildman–Crippen MR) is 86.5 cm³/mol. The van der Waals surface area contributed by atoms with Crippen LogP contribution in [-0.4, -0.2) is 28.1 Å². The molecule has 0 aliphatic heterocycles. The van der Waals surface area contributed by atoms with E-state index >= 15 is 0 Å². The average Bonchev–Trinajstić information content (AvgIpc) is 2.96. The first kappa shape index (κ1) is 15.6. The molecule has 0 bridgehead atoms. The van der Waals surface area contributed by atoms with Gasteiger partial charge in [0.05, 0.1) is 12.2 Å². The molecule has 0 aromatic carbocycles. The van der Waals surface area contributed by atoms with E-state index in [0.29, 0.717) is 12.6 Å². The molecule has 4 nitrogen and oxygen atoms in total. The quantitative estimate of drug-likeness (QED) is 0.877. The van der Waals surface area contributed by atoms with Crippen molar-refractivity contribution in [3.63, 3.8) is 0 Å². The topological polar surface area (TPSA) is 54.0 Å². The predicted octanol–water partition coefficient (Wildman–Crippen LogP) is 3.23. The number of hydrogen-bond donors (Lipinski definition) is 2. The standard InChI is InChI=1S/C14H23N3OS2/c1-4-19-12-6-5-11(7-12)17-14(18)15-8-13-16-9(2)10(3)20-13/h11-12H,4-8H2,1-3H3,(H2,15,17,18)/t11-,12-/m1/s1. The maximum Gasteiger partial charge on any atom is 0.315 e. The number of amides is 2. The van der Waals surface area contributed by atoms with Crippen molar-refractivity contribution in [1.82, 2.24) is 15.6 Å². The summed E-state index contributed by atoms with van der Waals surface area (Å²) in [6.07, 6.45) is 3.41. The molecule has 20 heavy (non-hydrogen) atoms. The van der Waals surface area contributed by atoms with Crippen molar-refractivity contribution in [2.75, 3.05) is 5.75 Å². The van der Waals surface area contributed by atoms with E-state index in [2.05, 4.69) is 29.5 Å². The number of rotatable bonds is 5. The highest BCUT2D eigenvalue weighted by Crippen LogP contribution is 2.29. The van der Waals surface area contributed by atoms with Crippen molar-refractivity contribution in [3.8, 4) is 0 Å². The minimum absolute atomic E-state index is 0.0670. The summed E-state index contributed by atoms with van der Waals surface area (Å²) >= 11 is 3.65. The van der Waals surface area contributed by atoms with Crippen LogP contribution in [0.25, 0.3) is 0 Å². The summed E-state index contributed by atoms with van der Waals surface area (Å²) in [6, 6.07) is 0.265. The minimum Gasteiger partial charge on any atom is -0.335 e. The van der Waals surface area contributed by atoms with E-state index < -0.39 is 0 Å². The van der Waals surface area contributed by atoms with Gasteiger partial charge in [-0.3, -0.25) is 0 Å². The third-order valence-corrected chi connectivity index (χ3v) is 5.90. The SMILES string of the molecule is CCS[C@@H]1CC[C@@H](NC(=O)NCc2nc(C)c(C)s2)C1. The van der Waals surface area contributed by atoms with Crippen molar-refractivity contribution in [3.05, 3.63) is 15.6 Å². The summed E-state index contributed by atoms with van der Waals surface area (Å²) in [7, 11) is 0. The molecule has 1 fully saturated rings. The van der Waals surface area contributed by atoms with Gasteiger partial charge in [-0.25, -0.2) is 9.78 Å². The van der Waals surface area contributed by atoms with E-state index in [1.165, 1.54) is 11.3 Å². The summed E-state index contributed by atoms with van der Waals surface area (Å²) in [5.74, 6) is 1.16. The molecule has 1 aromatic rings. The summed E-state index contributed by atoms with van der Waals surface area (Å²) in [6.45, 7) is 6.77. The number of nitrogens with one attached hydrogen (secondary N) is 2. The molecular formula is C14H23N3OS2. The Balaban J connectivity index is 1.71. The highest BCUT2D eigenvalue weighted by atomic mass is 32.2. The molecule has 1 aromatic heterocycles. The van der Waals surface area contributed by atoms with Crippen LogP contribution < -0.4 is 10.6 Å². The highest BCUT2D eigenvalue weighted by molar-refractivity contribution is 7.99. The van der Waals surface area contributed by atoms with Gasteiger partial charge in [0.2, 0.25) is 0 Å². The molecule has 1 aliphatic rings. The van der Waals surface area contributed by atoms with Crippen LogP contribution in [0, 0.1) is 13.8 Å². The summed E-state index contributed by atoms with van der Waals surface area (Å²) < 4.78 is 0. The number of carbonyl (C=O) groups is 1. The molecule has 1 saturated carbocycles. The average molecular weight is 313 g/mol. The lowest BCUT2D eigenvalue weighted by Crippen LogP contribution is -2.40. The molecule has 112 valence electrons. The zero-order chi connectivity index (χ0) is 14.5. The molecule has 0 saturated heterocycles. The van der Waals surface area contributed by atoms with Crippen LogP contribution in [0.2, 0.25) is 0 Å². The Morgan fingerprint density at radius 1 is 1.45 bits per heavy atom. The minimum atomic E-state index is -0.0670. The van der Waals surface area contributed by atoms with Crippen molar-refractivity contribution in [1.29, 1.82) is 0 Å². The maximum atomic E-state index is 11.9. The van der Waals surface area contributed by atoms with Gasteiger partial charge < -0.3 is 10.6 Å². The van der Waals surface area contributed by atoms with E-state index in [1.54, 1.807) is 11.3 Å². The first-order valence-corrected chi connectivity index (χ1v) is 9.04. The van der Waals surface area contributed by atoms with Gasteiger partial charge in [-0.1, -0.05) is 6.92 Å². The monoisotopic (exact) mass is 313 g/mol. The number of aryl methyl sites for hydroxylation is 2. The van der Waals surface area contributed by atoms with Gasteiger partial charge in [-0.15, -0.1) is 11.3 Å². The Bertz CT molecular complexity index is 442. The van der Waals surface area contributed by atoms with Crippen LogP contribution in [-0.2, 0) is 6.54 Å². The highest BCUT2D eigenvalue weighted by Gasteiger charge is 2.25. The second-order valence-electron chi connectivity index (χ2n) is 5.16. The number of aromatic nitrogens is 1. The molecular weight excluding hydrogens is 290 g/mol. The Morgan fingerprint density at radius 2 is 2.25 bits per heavy atom. The van der Waals surface area contributed by atoms with Crippen molar-refractivity contribution >= 4 is 29.1 Å². The maximum absolute atomic E-state index is 11.9. The molecule has 1 heterocycles. The van der Waals surface area contributed by atoms with Gasteiger partial charge in [0.15, 0.2) is 0 Å². The van der Waals surface area contributed by atoms with Crippen LogP contribution in [0.5, 0.6) is 0 Å². The lowest BCUT2D eigenvalue weighted by molar-refractivity contribution is 0.236. The van der Waals surface area contributed by atoms with Crippen molar-refractivity contribution < 1.29 is 4.79 Å². The normalized spacial score (nSPS) is 21.9. The van der Waals surface area contributed by atoms with Crippen LogP contribution in [0.3, 0.4) is 0 Å². The number of nitrogens with zero attached hydrogens (tertiary/aromatic N) is 1. The van der Waals surface area contributed by atoms with E-state index in [9.17, 15) is 4.79 Å². The molecule has 2 atom stereocenters. The van der Waals surface area contributed by atoms with Crippen LogP contribution in [0.1, 0.15) is 41.8 Å². The van der Waals surface area contributed by atoms with E-state index in [4.69, 9.17) is 0 Å². The lowest BCUT2D eigenvalue weighted by Gasteiger charge is -2.13. The number of thioether (sulfide) groups is 1. The Labute approximate surface area is 129 Å². The second-order valence-corrected chi connectivity index (χ2v) is 8.03. The van der Waals surface area contributed by atoms with Gasteiger partial charge in [0.25, 0.3) is 0 Å². The largest absolute Gasteiger partial charge is 0.335 e. The second kappa shape index (κ2) is 7.31. The summed E-state index contributed by atoms with van der Waals surface area (Å²) in [5.41, 5.74) is 1.06. The zero-order valence-corrected chi connectivity index (χ0v) is 14.0. The number of hydrogen-bond acceptors (Lipinski definition) is 4. The molecule has 0 spiro atoms. The first-order valence-electron chi connectivity index (χ1n) is 7.17. The third kappa shape index (κ3) is 4.38. The number of urea groups is 1. The van der Waals surface area contributed by atoms with E-state index in [1.807, 2.05) is 18.7 Å². The summed E-state index contributed by atoms with van der Waals surface area (Å²) in [5, 5.41) is 7.67. The van der Waals surface area contributed by atoms with E-state index in [-0.39, 0.29) is 6.03 Å². The first-order chi connectivity index (χ1) is 9.58. The summed E-state index contributed by atoms with van der Waals surface area (Å²) in [4.78, 5) is 17.5. The fourth-order valence-electron chi connectivity index (χ4n) is 2.47. The van der Waals surface area contributed by atoms with Crippen molar-refractivity contribution in [2.45, 2.75) is 57.9 Å². The van der Waals surface area contributed by atoms with Crippen molar-refractivity contribution in [2.24, 2.45) is 0 Å². The Kier molecular flexibility index (Phi) is 5.72. The lowest BCUT2D eigenvalue weighted by atomic mass is 10.2. The third-order valence-electron chi connectivity index (χ3n) is 3.60. The van der Waals surface area contributed by atoms with Gasteiger partial charge in [-0.05, 0) is 38.9 Å². The fourth-order valence-corrected chi connectivity index (χ4v) is 4.48. The van der Waals surface area contributed by atoms with Gasteiger partial charge >= 0.3 is 6.03 Å². The number of carbonyl (C=O) groups excluding carboxylic acids is 1. The molecule has 6 heteroatoms. The molecule has 0 radical (unpaired) electrons. The molecule has 2 rings (SSSR count). The molecule has 0 unspecified atom stereocenters. The van der Waals surface area contributed by atoms with Crippen LogP contribution in [0.15, 0.2) is 0 Å². The Hall–Kier alpha value is -0.750. The molecule has 2 N–H and O–H groups in total. The van der Waals surface area contributed by atoms with Gasteiger partial charge in [-0.2, -0.15) is 11.8 Å². The van der Waals surface area contributed by atoms with E-state index in [0.717, 1.165) is 34.5 Å². The Morgan fingerprint density at radius 3 is 2.90 bits per heavy atom.